The molecule has 2 N–H and O–H groups in total. The maximum Gasteiger partial charge on any atom is 0.339 e. The van der Waals surface area contributed by atoms with E-state index in [0.717, 1.165) is 24.1 Å². The Kier molecular flexibility index (Phi) is 6.41. The van der Waals surface area contributed by atoms with E-state index < -0.39 is 10.1 Å². The molecular formula is C26H26N4O4S. The predicted octanol–water partition coefficient (Wildman–Crippen LogP) is 4.47. The minimum absolute atomic E-state index is 0.0771. The number of nitrogens with one attached hydrogen (secondary N) is 2. The van der Waals surface area contributed by atoms with Crippen molar-refractivity contribution in [2.75, 3.05) is 10.7 Å². The molecule has 8 nitrogen and oxygen atoms in total. The number of hydrogen-bond donors (Lipinski definition) is 2. The molecule has 3 aromatic carbocycles. The Labute approximate surface area is 204 Å². The molecule has 1 fully saturated rings. The first-order chi connectivity index (χ1) is 17.0. The average Bonchev–Trinajstić information content (AvgIpc) is 3.50. The summed E-state index contributed by atoms with van der Waals surface area (Å²) in [6.07, 6.45) is 6.42. The van der Waals surface area contributed by atoms with Gasteiger partial charge in [0.15, 0.2) is 0 Å². The fourth-order valence-electron chi connectivity index (χ4n) is 4.29. The maximum atomic E-state index is 12.8. The number of imidazole rings is 1. The minimum atomic E-state index is -4.00. The number of carbonyl (C=O) groups is 1. The van der Waals surface area contributed by atoms with Crippen LogP contribution in [0.3, 0.4) is 0 Å². The highest BCUT2D eigenvalue weighted by Gasteiger charge is 2.19. The van der Waals surface area contributed by atoms with Crippen molar-refractivity contribution in [3.8, 4) is 5.75 Å². The molecule has 1 aromatic heterocycles. The molecule has 4 aromatic rings. The summed E-state index contributed by atoms with van der Waals surface area (Å²) in [6, 6.07) is 21.2. The standard InChI is InChI=1S/C26H26N4O4S/c31-26(16-19-6-2-1-3-7-19)29-30-18-27-24-17-22(12-15-25(24)30)34-35(32,33)23-13-10-21(11-14-23)28-20-8-4-5-9-20/h1-3,6-7,10-15,17-18,20,28H,4-5,8-9,16H2,(H,29,31). The topological polar surface area (TPSA) is 102 Å². The molecule has 180 valence electrons. The number of nitrogens with zero attached hydrogens (tertiary/aromatic N) is 2. The van der Waals surface area contributed by atoms with Crippen LogP contribution in [-0.2, 0) is 21.3 Å². The van der Waals surface area contributed by atoms with E-state index in [1.54, 1.807) is 30.3 Å². The highest BCUT2D eigenvalue weighted by atomic mass is 32.2. The Morgan fingerprint density at radius 1 is 1.00 bits per heavy atom. The Morgan fingerprint density at radius 2 is 1.74 bits per heavy atom. The number of amides is 1. The van der Waals surface area contributed by atoms with Gasteiger partial charge in [-0.05, 0) is 54.8 Å². The number of aromatic nitrogens is 2. The second-order valence-electron chi connectivity index (χ2n) is 8.65. The Balaban J connectivity index is 1.25. The first-order valence-electron chi connectivity index (χ1n) is 11.6. The van der Waals surface area contributed by atoms with Crippen molar-refractivity contribution in [3.63, 3.8) is 0 Å². The van der Waals surface area contributed by atoms with Crippen molar-refractivity contribution >= 4 is 32.7 Å². The molecular weight excluding hydrogens is 464 g/mol. The van der Waals surface area contributed by atoms with E-state index in [1.807, 2.05) is 30.3 Å². The van der Waals surface area contributed by atoms with Crippen LogP contribution in [0.25, 0.3) is 11.0 Å². The lowest BCUT2D eigenvalue weighted by molar-refractivity contribution is -0.116. The summed E-state index contributed by atoms with van der Waals surface area (Å²) in [6.45, 7) is 0. The molecule has 0 aliphatic heterocycles. The fraction of sp³-hybridized carbons (Fsp3) is 0.231. The number of carbonyl (C=O) groups excluding carboxylic acids is 1. The lowest BCUT2D eigenvalue weighted by Gasteiger charge is -2.14. The van der Waals surface area contributed by atoms with Crippen LogP contribution >= 0.6 is 0 Å². The van der Waals surface area contributed by atoms with Crippen molar-refractivity contribution < 1.29 is 17.4 Å². The van der Waals surface area contributed by atoms with E-state index in [0.29, 0.717) is 17.1 Å². The summed E-state index contributed by atoms with van der Waals surface area (Å²) in [4.78, 5) is 16.7. The lowest BCUT2D eigenvalue weighted by atomic mass is 10.1. The molecule has 0 radical (unpaired) electrons. The molecule has 1 aliphatic carbocycles. The normalized spacial score (nSPS) is 14.2. The summed E-state index contributed by atoms with van der Waals surface area (Å²) in [5.74, 6) is -0.0456. The van der Waals surface area contributed by atoms with Crippen LogP contribution in [0.15, 0.2) is 84.0 Å². The second-order valence-corrected chi connectivity index (χ2v) is 10.2. The van der Waals surface area contributed by atoms with Crippen LogP contribution in [-0.4, -0.2) is 30.0 Å². The van der Waals surface area contributed by atoms with Gasteiger partial charge < -0.3 is 9.50 Å². The van der Waals surface area contributed by atoms with Gasteiger partial charge >= 0.3 is 10.1 Å². The SMILES string of the molecule is O=C(Cc1ccccc1)Nn1cnc2cc(OS(=O)(=O)c3ccc(NC4CCCC4)cc3)ccc21. The Morgan fingerprint density at radius 3 is 2.49 bits per heavy atom. The maximum absolute atomic E-state index is 12.8. The largest absolute Gasteiger partial charge is 0.382 e. The quantitative estimate of drug-likeness (QED) is 0.353. The van der Waals surface area contributed by atoms with Gasteiger partial charge in [0, 0.05) is 17.8 Å². The van der Waals surface area contributed by atoms with Gasteiger partial charge in [-0.25, -0.2) is 9.66 Å². The van der Waals surface area contributed by atoms with Crippen LogP contribution in [0.1, 0.15) is 31.2 Å². The van der Waals surface area contributed by atoms with Gasteiger partial charge in [0.05, 0.1) is 17.5 Å². The third kappa shape index (κ3) is 5.46. The molecule has 5 rings (SSSR count). The second kappa shape index (κ2) is 9.79. The summed E-state index contributed by atoms with van der Waals surface area (Å²) in [5.41, 5.74) is 5.71. The van der Waals surface area contributed by atoms with E-state index in [2.05, 4.69) is 15.7 Å². The van der Waals surface area contributed by atoms with Gasteiger partial charge in [-0.15, -0.1) is 0 Å². The van der Waals surface area contributed by atoms with Gasteiger partial charge in [-0.1, -0.05) is 43.2 Å². The molecule has 1 saturated carbocycles. The molecule has 0 bridgehead atoms. The first-order valence-corrected chi connectivity index (χ1v) is 13.0. The highest BCUT2D eigenvalue weighted by Crippen LogP contribution is 2.26. The molecule has 0 atom stereocenters. The third-order valence-electron chi connectivity index (χ3n) is 6.05. The number of anilines is 1. The molecule has 1 aliphatic rings. The highest BCUT2D eigenvalue weighted by molar-refractivity contribution is 7.87. The van der Waals surface area contributed by atoms with Crippen LogP contribution in [0.2, 0.25) is 0 Å². The third-order valence-corrected chi connectivity index (χ3v) is 7.31. The molecule has 0 spiro atoms. The summed E-state index contributed by atoms with van der Waals surface area (Å²) in [7, 11) is -4.00. The average molecular weight is 491 g/mol. The number of hydrogen-bond acceptors (Lipinski definition) is 6. The van der Waals surface area contributed by atoms with Crippen molar-refractivity contribution in [2.45, 2.75) is 43.0 Å². The smallest absolute Gasteiger partial charge is 0.339 e. The molecule has 0 unspecified atom stereocenters. The summed E-state index contributed by atoms with van der Waals surface area (Å²) in [5, 5.41) is 3.44. The van der Waals surface area contributed by atoms with Crippen molar-refractivity contribution in [1.29, 1.82) is 0 Å². The number of rotatable bonds is 8. The molecule has 1 heterocycles. The Bertz CT molecular complexity index is 1430. The van der Waals surface area contributed by atoms with Crippen LogP contribution in [0.4, 0.5) is 5.69 Å². The van der Waals surface area contributed by atoms with E-state index in [4.69, 9.17) is 4.18 Å². The van der Waals surface area contributed by atoms with E-state index in [-0.39, 0.29) is 23.0 Å². The van der Waals surface area contributed by atoms with Gasteiger partial charge in [0.1, 0.15) is 17.0 Å². The molecule has 1 amide bonds. The van der Waals surface area contributed by atoms with Crippen LogP contribution < -0.4 is 14.9 Å². The van der Waals surface area contributed by atoms with Gasteiger partial charge in [0.2, 0.25) is 5.91 Å². The van der Waals surface area contributed by atoms with Gasteiger partial charge in [-0.2, -0.15) is 8.42 Å². The number of fused-ring (bicyclic) bond motifs is 1. The zero-order chi connectivity index (χ0) is 24.3. The van der Waals surface area contributed by atoms with Gasteiger partial charge in [0.25, 0.3) is 0 Å². The van der Waals surface area contributed by atoms with E-state index in [9.17, 15) is 13.2 Å². The first kappa shape index (κ1) is 22.9. The van der Waals surface area contributed by atoms with Crippen molar-refractivity contribution in [2.24, 2.45) is 0 Å². The van der Waals surface area contributed by atoms with Crippen molar-refractivity contribution in [3.05, 3.63) is 84.7 Å². The predicted molar refractivity (Wildman–Crippen MR) is 134 cm³/mol. The monoisotopic (exact) mass is 490 g/mol. The zero-order valence-corrected chi connectivity index (χ0v) is 19.9. The van der Waals surface area contributed by atoms with Crippen molar-refractivity contribution in [1.82, 2.24) is 9.66 Å². The minimum Gasteiger partial charge on any atom is -0.382 e. The summed E-state index contributed by atoms with van der Waals surface area (Å²) >= 11 is 0. The number of benzene rings is 3. The Hall–Kier alpha value is -3.85. The summed E-state index contributed by atoms with van der Waals surface area (Å²) < 4.78 is 32.4. The lowest BCUT2D eigenvalue weighted by Crippen LogP contribution is -2.23. The van der Waals surface area contributed by atoms with E-state index >= 15 is 0 Å². The van der Waals surface area contributed by atoms with Crippen LogP contribution in [0.5, 0.6) is 5.75 Å². The van der Waals surface area contributed by atoms with Crippen LogP contribution in [0, 0.1) is 0 Å². The van der Waals surface area contributed by atoms with Gasteiger partial charge in [-0.3, -0.25) is 10.2 Å². The molecule has 35 heavy (non-hydrogen) atoms. The zero-order valence-electron chi connectivity index (χ0n) is 19.1. The molecule has 9 heteroatoms. The molecule has 0 saturated heterocycles. The fourth-order valence-corrected chi connectivity index (χ4v) is 5.21. The van der Waals surface area contributed by atoms with E-state index in [1.165, 1.54) is 36.0 Å².